The number of hydrogen-bond acceptors (Lipinski definition) is 6. The second-order valence-corrected chi connectivity index (χ2v) is 6.66. The summed E-state index contributed by atoms with van der Waals surface area (Å²) in [6, 6.07) is 9.47. The lowest BCUT2D eigenvalue weighted by molar-refractivity contribution is -0.124. The topological polar surface area (TPSA) is 84.4 Å². The van der Waals surface area contributed by atoms with Gasteiger partial charge in [0.05, 0.1) is 11.2 Å². The van der Waals surface area contributed by atoms with Crippen molar-refractivity contribution in [2.45, 2.75) is 25.8 Å². The Balaban J connectivity index is 1.54. The highest BCUT2D eigenvalue weighted by Gasteiger charge is 2.20. The number of nitrogens with one attached hydrogen (secondary N) is 1. The second kappa shape index (κ2) is 9.32. The van der Waals surface area contributed by atoms with Gasteiger partial charge in [-0.2, -0.15) is 0 Å². The minimum atomic E-state index is -0.740. The molecule has 27 heavy (non-hydrogen) atoms. The number of carbonyl (C=O) groups is 2. The smallest absolute Gasteiger partial charge is 0.359 e. The van der Waals surface area contributed by atoms with E-state index in [1.807, 2.05) is 35.2 Å². The fourth-order valence-corrected chi connectivity index (χ4v) is 2.96. The number of ether oxygens (including phenoxy) is 1. The number of piperidine rings is 1. The van der Waals surface area contributed by atoms with Gasteiger partial charge in [0.25, 0.3) is 5.91 Å². The van der Waals surface area contributed by atoms with Crippen LogP contribution in [0.4, 0.5) is 5.95 Å². The molecule has 2 heterocycles. The zero-order chi connectivity index (χ0) is 19.1. The van der Waals surface area contributed by atoms with E-state index in [2.05, 4.69) is 15.3 Å². The summed E-state index contributed by atoms with van der Waals surface area (Å²) in [6.07, 6.45) is 4.70. The van der Waals surface area contributed by atoms with Crippen molar-refractivity contribution < 1.29 is 14.3 Å². The third-order valence-electron chi connectivity index (χ3n) is 4.23. The summed E-state index contributed by atoms with van der Waals surface area (Å²) >= 11 is 6.04. The molecule has 0 aliphatic carbocycles. The largest absolute Gasteiger partial charge is 0.451 e. The summed E-state index contributed by atoms with van der Waals surface area (Å²) in [5.41, 5.74) is 0.935. The maximum atomic E-state index is 12.3. The number of amides is 1. The Bertz CT molecular complexity index is 795. The van der Waals surface area contributed by atoms with Crippen LogP contribution in [-0.4, -0.2) is 41.5 Å². The van der Waals surface area contributed by atoms with Crippen molar-refractivity contribution in [1.29, 1.82) is 0 Å². The highest BCUT2D eigenvalue weighted by molar-refractivity contribution is 6.33. The first kappa shape index (κ1) is 19.1. The Morgan fingerprint density at radius 1 is 1.15 bits per heavy atom. The van der Waals surface area contributed by atoms with Gasteiger partial charge < -0.3 is 15.0 Å². The van der Waals surface area contributed by atoms with Crippen molar-refractivity contribution >= 4 is 29.4 Å². The van der Waals surface area contributed by atoms with Gasteiger partial charge in [-0.05, 0) is 24.8 Å². The summed E-state index contributed by atoms with van der Waals surface area (Å²) < 4.78 is 5.06. The number of benzene rings is 1. The molecule has 1 aromatic carbocycles. The summed E-state index contributed by atoms with van der Waals surface area (Å²) in [4.78, 5) is 34.6. The van der Waals surface area contributed by atoms with Gasteiger partial charge in [-0.1, -0.05) is 41.9 Å². The SMILES string of the molecule is O=C(COC(=O)c1nc(N2CCCCC2)ncc1Cl)NCc1ccccc1. The van der Waals surface area contributed by atoms with E-state index in [1.54, 1.807) is 0 Å². The third kappa shape index (κ3) is 5.40. The average molecular weight is 389 g/mol. The Labute approximate surface area is 162 Å². The predicted molar refractivity (Wildman–Crippen MR) is 102 cm³/mol. The second-order valence-electron chi connectivity index (χ2n) is 6.25. The Kier molecular flexibility index (Phi) is 6.59. The fourth-order valence-electron chi connectivity index (χ4n) is 2.79. The molecule has 0 atom stereocenters. The number of carbonyl (C=O) groups excluding carboxylic acids is 2. The minimum Gasteiger partial charge on any atom is -0.451 e. The number of nitrogens with zero attached hydrogens (tertiary/aromatic N) is 3. The van der Waals surface area contributed by atoms with Crippen molar-refractivity contribution in [2.24, 2.45) is 0 Å². The van der Waals surface area contributed by atoms with E-state index in [1.165, 1.54) is 12.6 Å². The van der Waals surface area contributed by atoms with E-state index in [0.717, 1.165) is 31.5 Å². The molecule has 8 heteroatoms. The van der Waals surface area contributed by atoms with E-state index < -0.39 is 18.5 Å². The zero-order valence-corrected chi connectivity index (χ0v) is 15.6. The zero-order valence-electron chi connectivity index (χ0n) is 14.9. The van der Waals surface area contributed by atoms with Crippen LogP contribution in [-0.2, 0) is 16.1 Å². The maximum Gasteiger partial charge on any atom is 0.359 e. The molecule has 142 valence electrons. The molecule has 1 saturated heterocycles. The Hall–Kier alpha value is -2.67. The van der Waals surface area contributed by atoms with Crippen LogP contribution in [0.5, 0.6) is 0 Å². The monoisotopic (exact) mass is 388 g/mol. The highest BCUT2D eigenvalue weighted by atomic mass is 35.5. The first-order valence-electron chi connectivity index (χ1n) is 8.89. The highest BCUT2D eigenvalue weighted by Crippen LogP contribution is 2.20. The number of aromatic nitrogens is 2. The standard InChI is InChI=1S/C19H21ClN4O3/c20-15-12-22-19(24-9-5-2-6-10-24)23-17(15)18(26)27-13-16(25)21-11-14-7-3-1-4-8-14/h1,3-4,7-8,12H,2,5-6,9-11,13H2,(H,21,25). The molecule has 1 N–H and O–H groups in total. The van der Waals surface area contributed by atoms with E-state index in [9.17, 15) is 9.59 Å². The minimum absolute atomic E-state index is 0.0249. The summed E-state index contributed by atoms with van der Waals surface area (Å²) in [5.74, 6) is -0.677. The van der Waals surface area contributed by atoms with Crippen LogP contribution in [0, 0.1) is 0 Å². The molecule has 7 nitrogen and oxygen atoms in total. The van der Waals surface area contributed by atoms with E-state index in [0.29, 0.717) is 12.5 Å². The van der Waals surface area contributed by atoms with Gasteiger partial charge >= 0.3 is 5.97 Å². The molecule has 0 radical (unpaired) electrons. The fraction of sp³-hybridized carbons (Fsp3) is 0.368. The van der Waals surface area contributed by atoms with E-state index in [4.69, 9.17) is 16.3 Å². The molecule has 1 aliphatic heterocycles. The molecule has 1 amide bonds. The molecule has 1 aromatic heterocycles. The molecule has 0 saturated carbocycles. The van der Waals surface area contributed by atoms with Gasteiger partial charge in [0.2, 0.25) is 5.95 Å². The van der Waals surface area contributed by atoms with Crippen LogP contribution in [0.3, 0.4) is 0 Å². The van der Waals surface area contributed by atoms with Crippen molar-refractivity contribution in [2.75, 3.05) is 24.6 Å². The molecular formula is C19H21ClN4O3. The van der Waals surface area contributed by atoms with Gasteiger partial charge in [-0.3, -0.25) is 4.79 Å². The van der Waals surface area contributed by atoms with Crippen molar-refractivity contribution in [3.8, 4) is 0 Å². The molecular weight excluding hydrogens is 368 g/mol. The van der Waals surface area contributed by atoms with Crippen molar-refractivity contribution in [1.82, 2.24) is 15.3 Å². The lowest BCUT2D eigenvalue weighted by Gasteiger charge is -2.26. The van der Waals surface area contributed by atoms with Crippen LogP contribution in [0.25, 0.3) is 0 Å². The molecule has 2 aromatic rings. The van der Waals surface area contributed by atoms with Gasteiger partial charge in [-0.15, -0.1) is 0 Å². The van der Waals surface area contributed by atoms with Crippen molar-refractivity contribution in [3.05, 3.63) is 52.8 Å². The molecule has 0 spiro atoms. The third-order valence-corrected chi connectivity index (χ3v) is 4.51. The van der Waals surface area contributed by atoms with Gasteiger partial charge in [0.1, 0.15) is 0 Å². The summed E-state index contributed by atoms with van der Waals surface area (Å²) in [6.45, 7) is 1.66. The first-order valence-corrected chi connectivity index (χ1v) is 9.26. The molecule has 0 bridgehead atoms. The summed E-state index contributed by atoms with van der Waals surface area (Å²) in [5, 5.41) is 2.80. The summed E-state index contributed by atoms with van der Waals surface area (Å²) in [7, 11) is 0. The van der Waals surface area contributed by atoms with Gasteiger partial charge in [0, 0.05) is 19.6 Å². The lowest BCUT2D eigenvalue weighted by Crippen LogP contribution is -2.32. The molecule has 1 fully saturated rings. The molecule has 3 rings (SSSR count). The van der Waals surface area contributed by atoms with Crippen LogP contribution < -0.4 is 10.2 Å². The molecule has 1 aliphatic rings. The van der Waals surface area contributed by atoms with Gasteiger partial charge in [-0.25, -0.2) is 14.8 Å². The predicted octanol–water partition coefficient (Wildman–Crippen LogP) is 2.59. The molecule has 0 unspecified atom stereocenters. The van der Waals surface area contributed by atoms with Crippen LogP contribution in [0.1, 0.15) is 35.3 Å². The van der Waals surface area contributed by atoms with Crippen molar-refractivity contribution in [3.63, 3.8) is 0 Å². The maximum absolute atomic E-state index is 12.3. The van der Waals surface area contributed by atoms with Crippen LogP contribution >= 0.6 is 11.6 Å². The Morgan fingerprint density at radius 3 is 2.63 bits per heavy atom. The van der Waals surface area contributed by atoms with Crippen LogP contribution in [0.15, 0.2) is 36.5 Å². The normalized spacial score (nSPS) is 13.9. The van der Waals surface area contributed by atoms with Gasteiger partial charge in [0.15, 0.2) is 12.3 Å². The lowest BCUT2D eigenvalue weighted by atomic mass is 10.1. The number of rotatable bonds is 6. The average Bonchev–Trinajstić information content (AvgIpc) is 2.72. The number of hydrogen-bond donors (Lipinski definition) is 1. The quantitative estimate of drug-likeness (QED) is 0.766. The van der Waals surface area contributed by atoms with E-state index >= 15 is 0 Å². The van der Waals surface area contributed by atoms with Crippen LogP contribution in [0.2, 0.25) is 5.02 Å². The van der Waals surface area contributed by atoms with E-state index in [-0.39, 0.29) is 10.7 Å². The number of esters is 1. The first-order chi connectivity index (χ1) is 13.1. The number of anilines is 1. The number of halogens is 1. The Morgan fingerprint density at radius 2 is 1.89 bits per heavy atom.